The Balaban J connectivity index is 2.86. The molecule has 0 aliphatic carbocycles. The lowest BCUT2D eigenvalue weighted by molar-refractivity contribution is -0.142. The largest absolute Gasteiger partial charge is 0.466 e. The van der Waals surface area contributed by atoms with E-state index in [1.165, 1.54) is 12.3 Å². The Labute approximate surface area is 87.5 Å². The van der Waals surface area contributed by atoms with Crippen LogP contribution in [0.3, 0.4) is 0 Å². The lowest BCUT2D eigenvalue weighted by atomic mass is 10.1. The molecule has 1 aromatic rings. The van der Waals surface area contributed by atoms with Crippen LogP contribution < -0.4 is 5.73 Å². The highest BCUT2D eigenvalue weighted by Gasteiger charge is 2.09. The molecule has 2 N–H and O–H groups in total. The van der Waals surface area contributed by atoms with E-state index in [0.717, 1.165) is 0 Å². The molecule has 0 aliphatic rings. The summed E-state index contributed by atoms with van der Waals surface area (Å²) in [6, 6.07) is 3.40. The third kappa shape index (κ3) is 2.95. The molecule has 0 radical (unpaired) electrons. The number of nitrogen functional groups attached to an aromatic ring is 1. The van der Waals surface area contributed by atoms with Gasteiger partial charge in [-0.1, -0.05) is 0 Å². The van der Waals surface area contributed by atoms with Crippen LogP contribution in [0.4, 0.5) is 5.82 Å². The molecule has 0 amide bonds. The number of hydrogen-bond donors (Lipinski definition) is 1. The van der Waals surface area contributed by atoms with Crippen LogP contribution in [0, 0.1) is 11.3 Å². The summed E-state index contributed by atoms with van der Waals surface area (Å²) < 4.78 is 4.77. The summed E-state index contributed by atoms with van der Waals surface area (Å²) in [5, 5.41) is 8.80. The van der Waals surface area contributed by atoms with E-state index < -0.39 is 0 Å². The van der Waals surface area contributed by atoms with Gasteiger partial charge in [0.2, 0.25) is 0 Å². The summed E-state index contributed by atoms with van der Waals surface area (Å²) in [7, 11) is 0. The molecule has 1 heterocycles. The average molecular weight is 205 g/mol. The highest BCUT2D eigenvalue weighted by atomic mass is 16.5. The summed E-state index contributed by atoms with van der Waals surface area (Å²) in [5.41, 5.74) is 6.30. The second kappa shape index (κ2) is 4.96. The minimum Gasteiger partial charge on any atom is -0.466 e. The summed E-state index contributed by atoms with van der Waals surface area (Å²) in [6.07, 6.45) is 1.47. The van der Waals surface area contributed by atoms with Crippen molar-refractivity contribution in [1.29, 1.82) is 5.26 Å². The highest BCUT2D eigenvalue weighted by molar-refractivity contribution is 5.73. The number of nitrogens with two attached hydrogens (primary N) is 1. The smallest absolute Gasteiger partial charge is 0.310 e. The van der Waals surface area contributed by atoms with E-state index in [0.29, 0.717) is 17.7 Å². The summed E-state index contributed by atoms with van der Waals surface area (Å²) in [6.45, 7) is 2.05. The molecule has 0 fully saturated rings. The molecule has 15 heavy (non-hydrogen) atoms. The molecule has 1 rings (SSSR count). The van der Waals surface area contributed by atoms with Crippen LogP contribution in [0.15, 0.2) is 12.3 Å². The Morgan fingerprint density at radius 1 is 1.73 bits per heavy atom. The van der Waals surface area contributed by atoms with Crippen LogP contribution in [0.1, 0.15) is 18.1 Å². The maximum atomic E-state index is 11.2. The molecule has 0 atom stereocenters. The molecule has 0 unspecified atom stereocenters. The molecule has 5 heteroatoms. The summed E-state index contributed by atoms with van der Waals surface area (Å²) in [5.74, 6) is -0.111. The quantitative estimate of drug-likeness (QED) is 0.731. The van der Waals surface area contributed by atoms with Crippen molar-refractivity contribution >= 4 is 11.8 Å². The second-order valence-electron chi connectivity index (χ2n) is 2.86. The van der Waals surface area contributed by atoms with Crippen molar-refractivity contribution in [3.8, 4) is 6.07 Å². The van der Waals surface area contributed by atoms with Crippen LogP contribution >= 0.6 is 0 Å². The molecule has 0 spiro atoms. The first kappa shape index (κ1) is 11.0. The normalized spacial score (nSPS) is 9.33. The van der Waals surface area contributed by atoms with Gasteiger partial charge in [0.1, 0.15) is 5.82 Å². The van der Waals surface area contributed by atoms with Gasteiger partial charge in [-0.3, -0.25) is 4.79 Å². The number of aromatic nitrogens is 1. The SMILES string of the molecule is CCOC(=O)Cc1cnc(N)cc1C#N. The summed E-state index contributed by atoms with van der Waals surface area (Å²) >= 11 is 0. The third-order valence-corrected chi connectivity index (χ3v) is 1.77. The molecule has 5 nitrogen and oxygen atoms in total. The van der Waals surface area contributed by atoms with E-state index in [-0.39, 0.29) is 18.2 Å². The zero-order valence-corrected chi connectivity index (χ0v) is 8.36. The van der Waals surface area contributed by atoms with Crippen LogP contribution in [0.25, 0.3) is 0 Å². The standard InChI is InChI=1S/C10H11N3O2/c1-2-15-10(14)4-8-6-13-9(12)3-7(8)5-11/h3,6H,2,4H2,1H3,(H2,12,13). The predicted octanol–water partition coefficient (Wildman–Crippen LogP) is 0.641. The minimum atomic E-state index is -0.374. The van der Waals surface area contributed by atoms with Gasteiger partial charge in [-0.25, -0.2) is 4.98 Å². The Morgan fingerprint density at radius 2 is 2.47 bits per heavy atom. The van der Waals surface area contributed by atoms with Crippen molar-refractivity contribution in [3.63, 3.8) is 0 Å². The molecule has 0 saturated heterocycles. The van der Waals surface area contributed by atoms with Crippen molar-refractivity contribution in [1.82, 2.24) is 4.98 Å². The molecule has 0 aliphatic heterocycles. The number of nitriles is 1. The number of anilines is 1. The van der Waals surface area contributed by atoms with Crippen molar-refractivity contribution in [3.05, 3.63) is 23.4 Å². The number of ether oxygens (including phenoxy) is 1. The van der Waals surface area contributed by atoms with E-state index in [1.807, 2.05) is 6.07 Å². The van der Waals surface area contributed by atoms with E-state index in [1.54, 1.807) is 6.92 Å². The molecule has 1 aromatic heterocycles. The van der Waals surface area contributed by atoms with Crippen LogP contribution in [0.5, 0.6) is 0 Å². The average Bonchev–Trinajstić information content (AvgIpc) is 2.21. The lowest BCUT2D eigenvalue weighted by Gasteiger charge is -2.03. The molecular weight excluding hydrogens is 194 g/mol. The van der Waals surface area contributed by atoms with Crippen molar-refractivity contribution in [2.24, 2.45) is 0 Å². The number of carbonyl (C=O) groups is 1. The lowest BCUT2D eigenvalue weighted by Crippen LogP contribution is -2.09. The first-order valence-corrected chi connectivity index (χ1v) is 4.47. The van der Waals surface area contributed by atoms with E-state index >= 15 is 0 Å². The van der Waals surface area contributed by atoms with E-state index in [9.17, 15) is 4.79 Å². The minimum absolute atomic E-state index is 0.0456. The highest BCUT2D eigenvalue weighted by Crippen LogP contribution is 2.10. The van der Waals surface area contributed by atoms with Crippen molar-refractivity contribution in [2.45, 2.75) is 13.3 Å². The van der Waals surface area contributed by atoms with Gasteiger partial charge < -0.3 is 10.5 Å². The van der Waals surface area contributed by atoms with Gasteiger partial charge in [0.15, 0.2) is 0 Å². The maximum absolute atomic E-state index is 11.2. The van der Waals surface area contributed by atoms with Gasteiger partial charge in [-0.05, 0) is 18.6 Å². The molecule has 78 valence electrons. The fourth-order valence-electron chi connectivity index (χ4n) is 1.11. The van der Waals surface area contributed by atoms with Gasteiger partial charge >= 0.3 is 5.97 Å². The Kier molecular flexibility index (Phi) is 3.63. The molecule has 0 bridgehead atoms. The van der Waals surface area contributed by atoms with Gasteiger partial charge in [0.25, 0.3) is 0 Å². The molecule has 0 aromatic carbocycles. The number of carbonyl (C=O) groups excluding carboxylic acids is 1. The second-order valence-corrected chi connectivity index (χ2v) is 2.86. The van der Waals surface area contributed by atoms with Crippen LogP contribution in [-0.4, -0.2) is 17.6 Å². The number of rotatable bonds is 3. The van der Waals surface area contributed by atoms with Gasteiger partial charge in [-0.2, -0.15) is 5.26 Å². The molecule has 0 saturated carbocycles. The first-order valence-electron chi connectivity index (χ1n) is 4.47. The number of nitrogens with zero attached hydrogens (tertiary/aromatic N) is 2. The molecular formula is C10H11N3O2. The predicted molar refractivity (Wildman–Crippen MR) is 53.7 cm³/mol. The van der Waals surface area contributed by atoms with Gasteiger partial charge in [0.05, 0.1) is 24.7 Å². The Morgan fingerprint density at radius 3 is 3.07 bits per heavy atom. The van der Waals surface area contributed by atoms with E-state index in [4.69, 9.17) is 15.7 Å². The topological polar surface area (TPSA) is 89.0 Å². The third-order valence-electron chi connectivity index (χ3n) is 1.77. The van der Waals surface area contributed by atoms with Gasteiger partial charge in [0, 0.05) is 6.20 Å². The fraction of sp³-hybridized carbons (Fsp3) is 0.300. The Bertz CT molecular complexity index is 410. The Hall–Kier alpha value is -2.09. The van der Waals surface area contributed by atoms with Gasteiger partial charge in [-0.15, -0.1) is 0 Å². The monoisotopic (exact) mass is 205 g/mol. The number of hydrogen-bond acceptors (Lipinski definition) is 5. The number of esters is 1. The zero-order chi connectivity index (χ0) is 11.3. The van der Waals surface area contributed by atoms with Crippen LogP contribution in [-0.2, 0) is 16.0 Å². The summed E-state index contributed by atoms with van der Waals surface area (Å²) in [4.78, 5) is 15.0. The first-order chi connectivity index (χ1) is 7.17. The van der Waals surface area contributed by atoms with E-state index in [2.05, 4.69) is 4.98 Å². The van der Waals surface area contributed by atoms with Crippen LogP contribution in [0.2, 0.25) is 0 Å². The number of pyridine rings is 1. The van der Waals surface area contributed by atoms with Crippen molar-refractivity contribution < 1.29 is 9.53 Å². The van der Waals surface area contributed by atoms with Crippen molar-refractivity contribution in [2.75, 3.05) is 12.3 Å². The fourth-order valence-corrected chi connectivity index (χ4v) is 1.11. The zero-order valence-electron chi connectivity index (χ0n) is 8.36. The maximum Gasteiger partial charge on any atom is 0.310 e.